The molecule has 0 radical (unpaired) electrons. The minimum Gasteiger partial charge on any atom is -0.360 e. The Labute approximate surface area is 92.7 Å². The first-order chi connectivity index (χ1) is 7.63. The van der Waals surface area contributed by atoms with Crippen molar-refractivity contribution in [3.8, 4) is 0 Å². The van der Waals surface area contributed by atoms with E-state index in [-0.39, 0.29) is 17.6 Å². The molecule has 3 nitrogen and oxygen atoms in total. The number of hydrogen-bond acceptors (Lipinski definition) is 2. The summed E-state index contributed by atoms with van der Waals surface area (Å²) >= 11 is 0. The Hall–Kier alpha value is -1.68. The molecule has 0 aliphatic carbocycles. The second kappa shape index (κ2) is 4.06. The van der Waals surface area contributed by atoms with Crippen molar-refractivity contribution >= 4 is 16.7 Å². The maximum atomic E-state index is 13.0. The van der Waals surface area contributed by atoms with Gasteiger partial charge in [0.25, 0.3) is 0 Å². The summed E-state index contributed by atoms with van der Waals surface area (Å²) in [6.07, 6.45) is 1.63. The number of aromatic nitrogens is 1. The molecule has 1 unspecified atom stereocenters. The molecular formula is C12H13FN2O. The third-order valence-electron chi connectivity index (χ3n) is 2.74. The summed E-state index contributed by atoms with van der Waals surface area (Å²) in [5.74, 6) is -0.310. The van der Waals surface area contributed by atoms with Gasteiger partial charge in [0.05, 0.1) is 6.04 Å². The lowest BCUT2D eigenvalue weighted by Gasteiger charge is -2.07. The fourth-order valence-corrected chi connectivity index (χ4v) is 1.67. The molecule has 84 valence electrons. The van der Waals surface area contributed by atoms with Crippen molar-refractivity contribution in [2.24, 2.45) is 0 Å². The van der Waals surface area contributed by atoms with E-state index < -0.39 is 0 Å². The highest BCUT2D eigenvalue weighted by atomic mass is 19.1. The van der Waals surface area contributed by atoms with Crippen LogP contribution in [0.2, 0.25) is 0 Å². The van der Waals surface area contributed by atoms with Crippen LogP contribution in [0.15, 0.2) is 24.4 Å². The van der Waals surface area contributed by atoms with Gasteiger partial charge in [-0.25, -0.2) is 4.39 Å². The van der Waals surface area contributed by atoms with Crippen LogP contribution in [0.1, 0.15) is 17.3 Å². The first-order valence-electron chi connectivity index (χ1n) is 5.11. The van der Waals surface area contributed by atoms with Gasteiger partial charge in [-0.05, 0) is 32.2 Å². The van der Waals surface area contributed by atoms with E-state index in [9.17, 15) is 9.18 Å². The van der Waals surface area contributed by atoms with Crippen LogP contribution in [0, 0.1) is 5.82 Å². The second-order valence-electron chi connectivity index (χ2n) is 3.77. The van der Waals surface area contributed by atoms with Gasteiger partial charge in [0, 0.05) is 22.7 Å². The predicted molar refractivity (Wildman–Crippen MR) is 61.1 cm³/mol. The summed E-state index contributed by atoms with van der Waals surface area (Å²) in [5.41, 5.74) is 1.24. The molecule has 1 heterocycles. The molecule has 16 heavy (non-hydrogen) atoms. The number of H-pyrrole nitrogens is 1. The second-order valence-corrected chi connectivity index (χ2v) is 3.77. The Morgan fingerprint density at radius 3 is 2.94 bits per heavy atom. The van der Waals surface area contributed by atoms with Crippen molar-refractivity contribution in [2.75, 3.05) is 7.05 Å². The Kier molecular flexibility index (Phi) is 2.75. The minimum absolute atomic E-state index is 0.000332. The quantitative estimate of drug-likeness (QED) is 0.778. The van der Waals surface area contributed by atoms with Crippen LogP contribution in [0.5, 0.6) is 0 Å². The third-order valence-corrected chi connectivity index (χ3v) is 2.74. The molecule has 0 saturated carbocycles. The molecule has 4 heteroatoms. The van der Waals surface area contributed by atoms with E-state index in [2.05, 4.69) is 10.3 Å². The Morgan fingerprint density at radius 1 is 1.50 bits per heavy atom. The van der Waals surface area contributed by atoms with Crippen LogP contribution in [-0.2, 0) is 0 Å². The number of halogens is 1. The van der Waals surface area contributed by atoms with Crippen LogP contribution in [-0.4, -0.2) is 23.9 Å². The number of Topliss-reactive ketones (excluding diaryl/α,β-unsaturated/α-hetero) is 1. The monoisotopic (exact) mass is 220 g/mol. The van der Waals surface area contributed by atoms with Gasteiger partial charge in [0.1, 0.15) is 5.82 Å². The molecule has 1 atom stereocenters. The summed E-state index contributed by atoms with van der Waals surface area (Å²) in [6.45, 7) is 1.80. The van der Waals surface area contributed by atoms with Crippen LogP contribution in [0.25, 0.3) is 10.9 Å². The summed E-state index contributed by atoms with van der Waals surface area (Å²) in [5, 5.41) is 3.65. The number of aromatic amines is 1. The summed E-state index contributed by atoms with van der Waals surface area (Å²) < 4.78 is 13.0. The minimum atomic E-state index is -0.310. The van der Waals surface area contributed by atoms with E-state index in [1.165, 1.54) is 12.1 Å². The maximum Gasteiger partial charge on any atom is 0.181 e. The smallest absolute Gasteiger partial charge is 0.181 e. The van der Waals surface area contributed by atoms with Gasteiger partial charge in [0.2, 0.25) is 0 Å². The number of ketones is 1. The molecule has 0 aliphatic heterocycles. The van der Waals surface area contributed by atoms with Crippen LogP contribution >= 0.6 is 0 Å². The molecule has 2 N–H and O–H groups in total. The van der Waals surface area contributed by atoms with E-state index in [4.69, 9.17) is 0 Å². The number of carbonyl (C=O) groups excluding carboxylic acids is 1. The molecule has 1 aromatic heterocycles. The lowest BCUT2D eigenvalue weighted by atomic mass is 10.0. The first kappa shape index (κ1) is 10.8. The lowest BCUT2D eigenvalue weighted by molar-refractivity contribution is 0.0956. The fourth-order valence-electron chi connectivity index (χ4n) is 1.67. The van der Waals surface area contributed by atoms with Gasteiger partial charge in [-0.2, -0.15) is 0 Å². The number of fused-ring (bicyclic) bond motifs is 1. The van der Waals surface area contributed by atoms with E-state index in [0.29, 0.717) is 11.1 Å². The molecule has 0 saturated heterocycles. The zero-order valence-corrected chi connectivity index (χ0v) is 9.17. The highest BCUT2D eigenvalue weighted by molar-refractivity contribution is 6.10. The standard InChI is InChI=1S/C12H13FN2O/c1-7(14-2)12(16)10-6-15-11-5-8(13)3-4-9(10)11/h3-7,14-15H,1-2H3. The maximum absolute atomic E-state index is 13.0. The van der Waals surface area contributed by atoms with Crippen LogP contribution in [0.4, 0.5) is 4.39 Å². The highest BCUT2D eigenvalue weighted by Gasteiger charge is 2.17. The summed E-state index contributed by atoms with van der Waals surface area (Å²) in [6, 6.07) is 4.12. The topological polar surface area (TPSA) is 44.9 Å². The van der Waals surface area contributed by atoms with Crippen molar-refractivity contribution in [3.05, 3.63) is 35.8 Å². The SMILES string of the molecule is CNC(C)C(=O)c1c[nH]c2cc(F)ccc12. The number of benzene rings is 1. The van der Waals surface area contributed by atoms with Gasteiger partial charge in [-0.1, -0.05) is 0 Å². The van der Waals surface area contributed by atoms with Crippen molar-refractivity contribution in [1.29, 1.82) is 0 Å². The molecular weight excluding hydrogens is 207 g/mol. The highest BCUT2D eigenvalue weighted by Crippen LogP contribution is 2.20. The van der Waals surface area contributed by atoms with Gasteiger partial charge >= 0.3 is 0 Å². The first-order valence-corrected chi connectivity index (χ1v) is 5.11. The van der Waals surface area contributed by atoms with Gasteiger partial charge in [-0.3, -0.25) is 4.79 Å². The molecule has 1 aromatic carbocycles. The Balaban J connectivity index is 2.50. The number of nitrogens with one attached hydrogen (secondary N) is 2. The van der Waals surface area contributed by atoms with Crippen molar-refractivity contribution in [3.63, 3.8) is 0 Å². The molecule has 0 spiro atoms. The van der Waals surface area contributed by atoms with Gasteiger partial charge < -0.3 is 10.3 Å². The van der Waals surface area contributed by atoms with E-state index in [0.717, 1.165) is 5.39 Å². The predicted octanol–water partition coefficient (Wildman–Crippen LogP) is 2.10. The zero-order valence-electron chi connectivity index (χ0n) is 9.17. The van der Waals surface area contributed by atoms with E-state index in [1.54, 1.807) is 26.2 Å². The number of likely N-dealkylation sites (N-methyl/N-ethyl adjacent to an activating group) is 1. The summed E-state index contributed by atoms with van der Waals surface area (Å²) in [4.78, 5) is 14.9. The number of carbonyl (C=O) groups is 1. The Bertz CT molecular complexity index is 533. The van der Waals surface area contributed by atoms with Gasteiger partial charge in [0.15, 0.2) is 5.78 Å². The molecule has 0 fully saturated rings. The fraction of sp³-hybridized carbons (Fsp3) is 0.250. The van der Waals surface area contributed by atoms with Crippen LogP contribution < -0.4 is 5.32 Å². The van der Waals surface area contributed by atoms with Crippen molar-refractivity contribution in [1.82, 2.24) is 10.3 Å². The molecule has 0 amide bonds. The van der Waals surface area contributed by atoms with E-state index in [1.807, 2.05) is 0 Å². The third kappa shape index (κ3) is 1.72. The van der Waals surface area contributed by atoms with Crippen molar-refractivity contribution in [2.45, 2.75) is 13.0 Å². The van der Waals surface area contributed by atoms with E-state index >= 15 is 0 Å². The summed E-state index contributed by atoms with van der Waals surface area (Å²) in [7, 11) is 1.73. The zero-order chi connectivity index (χ0) is 11.7. The lowest BCUT2D eigenvalue weighted by Crippen LogP contribution is -2.30. The molecule has 2 aromatic rings. The largest absolute Gasteiger partial charge is 0.360 e. The Morgan fingerprint density at radius 2 is 2.25 bits per heavy atom. The molecule has 2 rings (SSSR count). The van der Waals surface area contributed by atoms with Gasteiger partial charge in [-0.15, -0.1) is 0 Å². The number of rotatable bonds is 3. The average Bonchev–Trinajstić information content (AvgIpc) is 2.69. The van der Waals surface area contributed by atoms with Crippen LogP contribution in [0.3, 0.4) is 0 Å². The number of hydrogen-bond donors (Lipinski definition) is 2. The van der Waals surface area contributed by atoms with Crippen molar-refractivity contribution < 1.29 is 9.18 Å². The molecule has 0 aliphatic rings. The molecule has 0 bridgehead atoms. The normalized spacial score (nSPS) is 12.9. The average molecular weight is 220 g/mol.